The van der Waals surface area contributed by atoms with Crippen molar-refractivity contribution in [2.24, 2.45) is 0 Å². The minimum atomic E-state index is -0.380. The number of hydrogen-bond acceptors (Lipinski definition) is 5. The van der Waals surface area contributed by atoms with E-state index in [2.05, 4.69) is 10.1 Å². The summed E-state index contributed by atoms with van der Waals surface area (Å²) in [6, 6.07) is 7.07. The molecular formula is C14H16N4O2. The smallest absolute Gasteiger partial charge is 0.330 e. The van der Waals surface area contributed by atoms with Crippen LogP contribution in [0.4, 0.5) is 5.69 Å². The van der Waals surface area contributed by atoms with Crippen molar-refractivity contribution >= 4 is 11.7 Å². The van der Waals surface area contributed by atoms with E-state index in [0.717, 1.165) is 30.7 Å². The summed E-state index contributed by atoms with van der Waals surface area (Å²) in [5, 5.41) is 4.46. The van der Waals surface area contributed by atoms with Crippen LogP contribution in [-0.4, -0.2) is 27.8 Å². The normalized spacial score (nSPS) is 17.6. The fourth-order valence-electron chi connectivity index (χ4n) is 2.52. The van der Waals surface area contributed by atoms with Crippen LogP contribution >= 0.6 is 0 Å². The number of methoxy groups -OCH3 is 1. The Morgan fingerprint density at radius 1 is 1.45 bits per heavy atom. The molecule has 3 rings (SSSR count). The molecule has 0 radical (unpaired) electrons. The molecule has 0 saturated carbocycles. The first kappa shape index (κ1) is 12.7. The maximum absolute atomic E-state index is 11.8. The molecule has 1 aliphatic heterocycles. The number of nitrogen functional groups attached to an aromatic ring is 1. The average molecular weight is 272 g/mol. The van der Waals surface area contributed by atoms with Crippen molar-refractivity contribution in [3.8, 4) is 11.4 Å². The Balaban J connectivity index is 2.04. The third-order valence-corrected chi connectivity index (χ3v) is 3.55. The number of fused-ring (bicyclic) bond motifs is 1. The topological polar surface area (TPSA) is 83.0 Å². The number of esters is 1. The molecule has 1 unspecified atom stereocenters. The van der Waals surface area contributed by atoms with E-state index in [1.54, 1.807) is 4.68 Å². The lowest BCUT2D eigenvalue weighted by atomic mass is 10.1. The number of ether oxygens (including phenoxy) is 1. The molecule has 0 bridgehead atoms. The number of carbonyl (C=O) groups excluding carboxylic acids is 1. The summed E-state index contributed by atoms with van der Waals surface area (Å²) in [5.41, 5.74) is 7.37. The van der Waals surface area contributed by atoms with Gasteiger partial charge in [-0.1, -0.05) is 12.1 Å². The number of nitrogens with two attached hydrogens (primary N) is 1. The number of benzene rings is 1. The molecule has 1 aromatic heterocycles. The molecule has 0 fully saturated rings. The zero-order valence-corrected chi connectivity index (χ0v) is 11.2. The van der Waals surface area contributed by atoms with E-state index >= 15 is 0 Å². The molecule has 20 heavy (non-hydrogen) atoms. The highest BCUT2D eigenvalue weighted by atomic mass is 16.5. The summed E-state index contributed by atoms with van der Waals surface area (Å²) in [6.07, 6.45) is 2.45. The van der Waals surface area contributed by atoms with Gasteiger partial charge in [-0.25, -0.2) is 14.5 Å². The van der Waals surface area contributed by atoms with Crippen molar-refractivity contribution in [3.05, 3.63) is 30.1 Å². The van der Waals surface area contributed by atoms with Gasteiger partial charge in [0.15, 0.2) is 11.9 Å². The van der Waals surface area contributed by atoms with E-state index in [1.165, 1.54) is 7.11 Å². The lowest BCUT2D eigenvalue weighted by Crippen LogP contribution is -2.27. The number of nitrogens with zero attached hydrogens (tertiary/aromatic N) is 3. The number of anilines is 1. The Labute approximate surface area is 116 Å². The van der Waals surface area contributed by atoms with E-state index < -0.39 is 0 Å². The quantitative estimate of drug-likeness (QED) is 0.663. The predicted octanol–water partition coefficient (Wildman–Crippen LogP) is 1.58. The molecule has 2 aromatic rings. The molecule has 1 atom stereocenters. The van der Waals surface area contributed by atoms with Crippen LogP contribution in [0.1, 0.15) is 24.7 Å². The van der Waals surface area contributed by atoms with Crippen molar-refractivity contribution in [1.82, 2.24) is 14.8 Å². The molecule has 6 nitrogen and oxygen atoms in total. The lowest BCUT2D eigenvalue weighted by Gasteiger charge is -2.20. The van der Waals surface area contributed by atoms with Crippen LogP contribution in [0, 0.1) is 0 Å². The third-order valence-electron chi connectivity index (χ3n) is 3.55. The van der Waals surface area contributed by atoms with Gasteiger partial charge in [0.25, 0.3) is 0 Å². The number of para-hydroxylation sites is 1. The highest BCUT2D eigenvalue weighted by Crippen LogP contribution is 2.28. The first-order valence-electron chi connectivity index (χ1n) is 6.59. The average Bonchev–Trinajstić information content (AvgIpc) is 2.90. The van der Waals surface area contributed by atoms with Gasteiger partial charge in [0.2, 0.25) is 0 Å². The number of hydrogen-bond donors (Lipinski definition) is 1. The second kappa shape index (κ2) is 4.96. The number of aryl methyl sites for hydroxylation is 1. The molecule has 0 aliphatic carbocycles. The summed E-state index contributed by atoms with van der Waals surface area (Å²) >= 11 is 0. The summed E-state index contributed by atoms with van der Waals surface area (Å²) in [7, 11) is 1.39. The van der Waals surface area contributed by atoms with Crippen LogP contribution in [0.25, 0.3) is 11.4 Å². The second-order valence-corrected chi connectivity index (χ2v) is 4.81. The maximum Gasteiger partial charge on any atom is 0.330 e. The van der Waals surface area contributed by atoms with Crippen molar-refractivity contribution < 1.29 is 9.53 Å². The van der Waals surface area contributed by atoms with E-state index in [9.17, 15) is 4.79 Å². The monoisotopic (exact) mass is 272 g/mol. The largest absolute Gasteiger partial charge is 0.467 e. The molecule has 0 amide bonds. The molecule has 1 aliphatic rings. The maximum atomic E-state index is 11.8. The van der Waals surface area contributed by atoms with Crippen LogP contribution in [0.3, 0.4) is 0 Å². The molecule has 0 spiro atoms. The van der Waals surface area contributed by atoms with Gasteiger partial charge in [0, 0.05) is 17.7 Å². The van der Waals surface area contributed by atoms with Crippen LogP contribution in [0.2, 0.25) is 0 Å². The van der Waals surface area contributed by atoms with Gasteiger partial charge in [0.1, 0.15) is 5.82 Å². The minimum absolute atomic E-state index is 0.275. The Morgan fingerprint density at radius 3 is 3.00 bits per heavy atom. The van der Waals surface area contributed by atoms with Gasteiger partial charge in [-0.2, -0.15) is 0 Å². The van der Waals surface area contributed by atoms with Gasteiger partial charge in [0.05, 0.1) is 7.11 Å². The molecule has 1 aromatic carbocycles. The number of aromatic nitrogens is 3. The summed E-state index contributed by atoms with van der Waals surface area (Å²) in [6.45, 7) is 0. The van der Waals surface area contributed by atoms with Gasteiger partial charge in [-0.15, -0.1) is 5.10 Å². The second-order valence-electron chi connectivity index (χ2n) is 4.81. The molecular weight excluding hydrogens is 256 g/mol. The van der Waals surface area contributed by atoms with Crippen molar-refractivity contribution in [3.63, 3.8) is 0 Å². The first-order chi connectivity index (χ1) is 9.70. The van der Waals surface area contributed by atoms with E-state index in [-0.39, 0.29) is 12.0 Å². The Kier molecular flexibility index (Phi) is 3.14. The van der Waals surface area contributed by atoms with Gasteiger partial charge in [-0.3, -0.25) is 0 Å². The standard InChI is InChI=1S/C14H16N4O2/c1-20-14(19)11-7-4-8-12-16-13(17-18(11)12)9-5-2-3-6-10(9)15/h2-3,5-6,11H,4,7-8,15H2,1H3. The van der Waals surface area contributed by atoms with Crippen LogP contribution < -0.4 is 5.73 Å². The van der Waals surface area contributed by atoms with Gasteiger partial charge >= 0.3 is 5.97 Å². The number of carbonyl (C=O) groups is 1. The van der Waals surface area contributed by atoms with Crippen molar-refractivity contribution in [2.75, 3.05) is 12.8 Å². The Morgan fingerprint density at radius 2 is 2.25 bits per heavy atom. The van der Waals surface area contributed by atoms with E-state index in [4.69, 9.17) is 10.5 Å². The van der Waals surface area contributed by atoms with Crippen LogP contribution in [0.15, 0.2) is 24.3 Å². The van der Waals surface area contributed by atoms with Crippen molar-refractivity contribution in [2.45, 2.75) is 25.3 Å². The SMILES string of the molecule is COC(=O)C1CCCc2nc(-c3ccccc3N)nn21. The zero-order chi connectivity index (χ0) is 14.1. The summed E-state index contributed by atoms with van der Waals surface area (Å²) < 4.78 is 6.51. The first-order valence-corrected chi connectivity index (χ1v) is 6.59. The fraction of sp³-hybridized carbons (Fsp3) is 0.357. The minimum Gasteiger partial charge on any atom is -0.467 e. The number of rotatable bonds is 2. The molecule has 2 N–H and O–H groups in total. The Hall–Kier alpha value is -2.37. The van der Waals surface area contributed by atoms with Crippen LogP contribution in [0.5, 0.6) is 0 Å². The van der Waals surface area contributed by atoms with E-state index in [1.807, 2.05) is 24.3 Å². The van der Waals surface area contributed by atoms with Crippen LogP contribution in [-0.2, 0) is 16.0 Å². The molecule has 2 heterocycles. The highest BCUT2D eigenvalue weighted by Gasteiger charge is 2.29. The fourth-order valence-corrected chi connectivity index (χ4v) is 2.52. The molecule has 104 valence electrons. The Bertz CT molecular complexity index is 650. The van der Waals surface area contributed by atoms with Gasteiger partial charge in [-0.05, 0) is 25.0 Å². The molecule has 6 heteroatoms. The highest BCUT2D eigenvalue weighted by molar-refractivity contribution is 5.75. The van der Waals surface area contributed by atoms with Gasteiger partial charge < -0.3 is 10.5 Å². The summed E-state index contributed by atoms with van der Waals surface area (Å²) in [5.74, 6) is 1.10. The predicted molar refractivity (Wildman–Crippen MR) is 73.9 cm³/mol. The summed E-state index contributed by atoms with van der Waals surface area (Å²) in [4.78, 5) is 16.3. The molecule has 0 saturated heterocycles. The van der Waals surface area contributed by atoms with E-state index in [0.29, 0.717) is 11.5 Å². The third kappa shape index (κ3) is 2.03. The zero-order valence-electron chi connectivity index (χ0n) is 11.2. The van der Waals surface area contributed by atoms with Crippen molar-refractivity contribution in [1.29, 1.82) is 0 Å². The lowest BCUT2D eigenvalue weighted by molar-refractivity contribution is -0.145.